The second kappa shape index (κ2) is 7.22. The summed E-state index contributed by atoms with van der Waals surface area (Å²) in [6, 6.07) is 2.22. The van der Waals surface area contributed by atoms with Crippen molar-refractivity contribution in [2.24, 2.45) is 0 Å². The van der Waals surface area contributed by atoms with E-state index >= 15 is 0 Å². The molecule has 4 heteroatoms. The Hall–Kier alpha value is 0.720. The van der Waals surface area contributed by atoms with E-state index in [-0.39, 0.29) is 0 Å². The number of nitrogens with zero attached hydrogens (tertiary/aromatic N) is 1. The minimum Gasteiger partial charge on any atom is -0.330 e. The summed E-state index contributed by atoms with van der Waals surface area (Å²) in [6.45, 7) is 5.38. The third kappa shape index (κ3) is 3.88. The highest BCUT2D eigenvalue weighted by atomic mass is 79.9. The number of halogens is 3. The van der Waals surface area contributed by atoms with E-state index in [1.54, 1.807) is 0 Å². The summed E-state index contributed by atoms with van der Waals surface area (Å²) in [4.78, 5) is 0.646. The molecule has 0 aliphatic rings. The lowest BCUT2D eigenvalue weighted by atomic mass is 10.1. The molecule has 1 aromatic heterocycles. The first-order valence-corrected chi connectivity index (χ1v) is 8.27. The van der Waals surface area contributed by atoms with E-state index in [2.05, 4.69) is 72.3 Å². The van der Waals surface area contributed by atoms with Gasteiger partial charge in [0.1, 0.15) is 0 Å². The Morgan fingerprint density at radius 1 is 1.25 bits per heavy atom. The van der Waals surface area contributed by atoms with Gasteiger partial charge < -0.3 is 4.57 Å². The van der Waals surface area contributed by atoms with Crippen LogP contribution in [-0.2, 0) is 13.0 Å². The molecule has 0 saturated carbocycles. The fourth-order valence-corrected chi connectivity index (χ4v) is 4.17. The van der Waals surface area contributed by atoms with Gasteiger partial charge in [0.25, 0.3) is 0 Å². The summed E-state index contributed by atoms with van der Waals surface area (Å²) in [5.74, 6) is 0. The molecule has 0 bridgehead atoms. The average Bonchev–Trinajstić information content (AvgIpc) is 2.51. The predicted octanol–water partition coefficient (Wildman–Crippen LogP) is 5.53. The predicted molar refractivity (Wildman–Crippen MR) is 81.5 cm³/mol. The molecule has 1 atom stereocenters. The van der Waals surface area contributed by atoms with E-state index in [0.717, 1.165) is 13.0 Å². The van der Waals surface area contributed by atoms with Crippen molar-refractivity contribution in [1.29, 1.82) is 0 Å². The van der Waals surface area contributed by atoms with Crippen LogP contribution in [0.1, 0.15) is 38.7 Å². The van der Waals surface area contributed by atoms with Gasteiger partial charge in [0.05, 0.1) is 9.21 Å². The number of aromatic nitrogens is 1. The SMILES string of the molecule is CCCC(Br)CCc1cc(Br)n(CC)c1Br. The van der Waals surface area contributed by atoms with Gasteiger partial charge in [-0.05, 0) is 69.7 Å². The monoisotopic (exact) mass is 413 g/mol. The summed E-state index contributed by atoms with van der Waals surface area (Å²) in [5.41, 5.74) is 1.40. The highest BCUT2D eigenvalue weighted by Crippen LogP contribution is 2.28. The van der Waals surface area contributed by atoms with Crippen molar-refractivity contribution >= 4 is 47.8 Å². The normalized spacial score (nSPS) is 13.1. The summed E-state index contributed by atoms with van der Waals surface area (Å²) in [6.07, 6.45) is 4.83. The zero-order valence-electron chi connectivity index (χ0n) is 9.77. The number of alkyl halides is 1. The molecule has 0 radical (unpaired) electrons. The van der Waals surface area contributed by atoms with Crippen LogP contribution in [0.15, 0.2) is 15.3 Å². The van der Waals surface area contributed by atoms with Crippen molar-refractivity contribution in [2.45, 2.75) is 50.9 Å². The Kier molecular flexibility index (Phi) is 6.67. The van der Waals surface area contributed by atoms with Gasteiger partial charge in [-0.2, -0.15) is 0 Å². The standard InChI is InChI=1S/C12H18Br3N/c1-3-5-10(13)7-6-9-8-11(14)16(4-2)12(9)15/h8,10H,3-7H2,1-2H3. The molecule has 92 valence electrons. The molecule has 1 unspecified atom stereocenters. The minimum absolute atomic E-state index is 0.646. The molecule has 0 spiro atoms. The maximum absolute atomic E-state index is 3.73. The van der Waals surface area contributed by atoms with Crippen LogP contribution in [0, 0.1) is 0 Å². The first-order valence-electron chi connectivity index (χ1n) is 5.77. The van der Waals surface area contributed by atoms with Crippen LogP contribution in [0.2, 0.25) is 0 Å². The van der Waals surface area contributed by atoms with Crippen LogP contribution in [0.25, 0.3) is 0 Å². The summed E-state index contributed by atoms with van der Waals surface area (Å²) < 4.78 is 4.62. The maximum Gasteiger partial charge on any atom is 0.0887 e. The summed E-state index contributed by atoms with van der Waals surface area (Å²) in [5, 5.41) is 0. The number of hydrogen-bond acceptors (Lipinski definition) is 0. The van der Waals surface area contributed by atoms with Gasteiger partial charge in [0.15, 0.2) is 0 Å². The molecule has 0 saturated heterocycles. The molecular formula is C12H18Br3N. The van der Waals surface area contributed by atoms with E-state index in [9.17, 15) is 0 Å². The van der Waals surface area contributed by atoms with Crippen molar-refractivity contribution in [2.75, 3.05) is 0 Å². The molecule has 0 aliphatic carbocycles. The molecule has 1 heterocycles. The van der Waals surface area contributed by atoms with Crippen molar-refractivity contribution in [1.82, 2.24) is 4.57 Å². The maximum atomic E-state index is 3.73. The Balaban J connectivity index is 2.61. The molecule has 16 heavy (non-hydrogen) atoms. The second-order valence-corrected chi connectivity index (χ2v) is 6.81. The quantitative estimate of drug-likeness (QED) is 0.538. The molecular weight excluding hydrogens is 398 g/mol. The first kappa shape index (κ1) is 14.8. The van der Waals surface area contributed by atoms with E-state index in [0.29, 0.717) is 4.83 Å². The molecule has 1 aromatic rings. The van der Waals surface area contributed by atoms with Gasteiger partial charge in [-0.25, -0.2) is 0 Å². The smallest absolute Gasteiger partial charge is 0.0887 e. The molecule has 0 N–H and O–H groups in total. The van der Waals surface area contributed by atoms with E-state index < -0.39 is 0 Å². The number of aryl methyl sites for hydroxylation is 1. The second-order valence-electron chi connectivity index (χ2n) is 3.95. The molecule has 0 aromatic carbocycles. The van der Waals surface area contributed by atoms with Crippen LogP contribution >= 0.6 is 47.8 Å². The van der Waals surface area contributed by atoms with Crippen molar-refractivity contribution in [3.8, 4) is 0 Å². The lowest BCUT2D eigenvalue weighted by Gasteiger charge is -2.08. The van der Waals surface area contributed by atoms with Crippen LogP contribution in [0.3, 0.4) is 0 Å². The van der Waals surface area contributed by atoms with Gasteiger partial charge in [-0.15, -0.1) is 0 Å². The molecule has 0 fully saturated rings. The molecule has 0 aliphatic heterocycles. The van der Waals surface area contributed by atoms with Crippen LogP contribution in [-0.4, -0.2) is 9.39 Å². The topological polar surface area (TPSA) is 4.93 Å². The number of rotatable bonds is 6. The number of hydrogen-bond donors (Lipinski definition) is 0. The zero-order valence-corrected chi connectivity index (χ0v) is 14.5. The van der Waals surface area contributed by atoms with Crippen LogP contribution in [0.4, 0.5) is 0 Å². The van der Waals surface area contributed by atoms with Gasteiger partial charge in [-0.1, -0.05) is 29.3 Å². The Morgan fingerprint density at radius 3 is 2.44 bits per heavy atom. The lowest BCUT2D eigenvalue weighted by molar-refractivity contribution is 0.686. The van der Waals surface area contributed by atoms with Gasteiger partial charge in [-0.3, -0.25) is 0 Å². The first-order chi connectivity index (χ1) is 7.60. The minimum atomic E-state index is 0.646. The van der Waals surface area contributed by atoms with E-state index in [4.69, 9.17) is 0 Å². The summed E-state index contributed by atoms with van der Waals surface area (Å²) >= 11 is 11.0. The van der Waals surface area contributed by atoms with Gasteiger partial charge in [0, 0.05) is 11.4 Å². The largest absolute Gasteiger partial charge is 0.330 e. The van der Waals surface area contributed by atoms with Gasteiger partial charge >= 0.3 is 0 Å². The van der Waals surface area contributed by atoms with Crippen molar-refractivity contribution in [3.05, 3.63) is 20.8 Å². The fraction of sp³-hybridized carbons (Fsp3) is 0.667. The third-order valence-electron chi connectivity index (χ3n) is 2.70. The lowest BCUT2D eigenvalue weighted by Crippen LogP contribution is -2.00. The Bertz CT molecular complexity index is 333. The highest BCUT2D eigenvalue weighted by molar-refractivity contribution is 9.11. The van der Waals surface area contributed by atoms with Gasteiger partial charge in [0.2, 0.25) is 0 Å². The zero-order chi connectivity index (χ0) is 12.1. The third-order valence-corrected chi connectivity index (χ3v) is 5.21. The van der Waals surface area contributed by atoms with E-state index in [1.807, 2.05) is 0 Å². The molecule has 1 nitrogen and oxygen atoms in total. The molecule has 0 amide bonds. The van der Waals surface area contributed by atoms with Crippen LogP contribution < -0.4 is 0 Å². The van der Waals surface area contributed by atoms with E-state index in [1.165, 1.54) is 34.0 Å². The van der Waals surface area contributed by atoms with Crippen molar-refractivity contribution < 1.29 is 0 Å². The Morgan fingerprint density at radius 2 is 1.94 bits per heavy atom. The average molecular weight is 416 g/mol. The molecule has 1 rings (SSSR count). The Labute approximate surface area is 123 Å². The fourth-order valence-electron chi connectivity index (χ4n) is 1.78. The summed E-state index contributed by atoms with van der Waals surface area (Å²) in [7, 11) is 0. The van der Waals surface area contributed by atoms with Crippen LogP contribution in [0.5, 0.6) is 0 Å². The van der Waals surface area contributed by atoms with Crippen molar-refractivity contribution in [3.63, 3.8) is 0 Å². The highest BCUT2D eigenvalue weighted by Gasteiger charge is 2.11.